The van der Waals surface area contributed by atoms with Gasteiger partial charge in [-0.05, 0) is 18.6 Å². The predicted octanol–water partition coefficient (Wildman–Crippen LogP) is 0.149. The Labute approximate surface area is 138 Å². The van der Waals surface area contributed by atoms with Crippen LogP contribution in [0.5, 0.6) is 0 Å². The van der Waals surface area contributed by atoms with Gasteiger partial charge in [0.1, 0.15) is 23.7 Å². The number of carbonyl (C=O) groups is 4. The number of epoxide rings is 1. The Morgan fingerprint density at radius 3 is 2.62 bits per heavy atom. The van der Waals surface area contributed by atoms with Gasteiger partial charge < -0.3 is 14.2 Å². The summed E-state index contributed by atoms with van der Waals surface area (Å²) in [5, 5.41) is 0. The molecule has 1 saturated carbocycles. The van der Waals surface area contributed by atoms with E-state index in [9.17, 15) is 19.2 Å². The van der Waals surface area contributed by atoms with Crippen LogP contribution in [0.1, 0.15) is 27.2 Å². The summed E-state index contributed by atoms with van der Waals surface area (Å²) in [4.78, 5) is 49.4. The lowest BCUT2D eigenvalue weighted by molar-refractivity contribution is -0.212. The zero-order valence-electron chi connectivity index (χ0n) is 13.7. The molecule has 1 spiro atoms. The highest BCUT2D eigenvalue weighted by molar-refractivity contribution is 6.46. The molecular weight excluding hydrogens is 316 g/mol. The molecule has 4 aliphatic rings. The molecule has 2 saturated heterocycles. The second-order valence-corrected chi connectivity index (χ2v) is 7.35. The fourth-order valence-corrected chi connectivity index (χ4v) is 4.75. The van der Waals surface area contributed by atoms with Crippen molar-refractivity contribution in [1.29, 1.82) is 0 Å². The molecule has 2 aliphatic carbocycles. The van der Waals surface area contributed by atoms with Gasteiger partial charge in [0.2, 0.25) is 11.6 Å². The number of rotatable bonds is 2. The Balaban J connectivity index is 1.93. The highest BCUT2D eigenvalue weighted by atomic mass is 16.6. The molecule has 0 N–H and O–H groups in total. The predicted molar refractivity (Wildman–Crippen MR) is 77.9 cm³/mol. The number of Topliss-reactive ketones (excluding diaryl/α,β-unsaturated/α-hetero) is 3. The van der Waals surface area contributed by atoms with E-state index < -0.39 is 46.2 Å². The summed E-state index contributed by atoms with van der Waals surface area (Å²) in [5.74, 6) is -2.00. The summed E-state index contributed by atoms with van der Waals surface area (Å²) < 4.78 is 16.7. The first-order chi connectivity index (χ1) is 11.2. The van der Waals surface area contributed by atoms with Gasteiger partial charge in [-0.15, -0.1) is 0 Å². The molecule has 7 nitrogen and oxygen atoms in total. The third kappa shape index (κ3) is 1.50. The van der Waals surface area contributed by atoms with E-state index in [1.807, 2.05) is 0 Å². The van der Waals surface area contributed by atoms with Crippen LogP contribution in [0.2, 0.25) is 0 Å². The van der Waals surface area contributed by atoms with Crippen molar-refractivity contribution in [3.05, 3.63) is 11.6 Å². The number of ether oxygens (including phenoxy) is 3. The average molecular weight is 334 g/mol. The molecule has 2 bridgehead atoms. The Morgan fingerprint density at radius 1 is 1.38 bits per heavy atom. The van der Waals surface area contributed by atoms with Crippen LogP contribution >= 0.6 is 0 Å². The summed E-state index contributed by atoms with van der Waals surface area (Å²) in [6.07, 6.45) is 0.0922. The molecule has 2 heterocycles. The topological polar surface area (TPSA) is 99.3 Å². The van der Waals surface area contributed by atoms with Crippen molar-refractivity contribution < 1.29 is 33.4 Å². The molecular formula is C17H18O7. The number of esters is 1. The third-order valence-corrected chi connectivity index (χ3v) is 6.26. The Hall–Kier alpha value is -1.86. The van der Waals surface area contributed by atoms with Crippen LogP contribution in [-0.2, 0) is 33.4 Å². The number of ketones is 3. The first-order valence-corrected chi connectivity index (χ1v) is 7.93. The molecule has 4 rings (SSSR count). The molecule has 128 valence electrons. The largest absolute Gasteiger partial charge is 0.465 e. The van der Waals surface area contributed by atoms with Crippen LogP contribution < -0.4 is 0 Å². The fourth-order valence-electron chi connectivity index (χ4n) is 4.75. The zero-order valence-corrected chi connectivity index (χ0v) is 13.7. The molecule has 0 unspecified atom stereocenters. The summed E-state index contributed by atoms with van der Waals surface area (Å²) in [6, 6.07) is 0. The van der Waals surface area contributed by atoms with Gasteiger partial charge in [-0.25, -0.2) is 0 Å². The van der Waals surface area contributed by atoms with Crippen molar-refractivity contribution in [1.82, 2.24) is 0 Å². The molecule has 0 amide bonds. The number of allylic oxidation sites excluding steroid dienone is 1. The smallest absolute Gasteiger partial charge is 0.302 e. The zero-order chi connectivity index (χ0) is 17.5. The summed E-state index contributed by atoms with van der Waals surface area (Å²) in [6.45, 7) is 4.54. The monoisotopic (exact) mass is 334 g/mol. The van der Waals surface area contributed by atoms with Crippen LogP contribution in [-0.4, -0.2) is 54.3 Å². The van der Waals surface area contributed by atoms with Gasteiger partial charge in [-0.2, -0.15) is 0 Å². The van der Waals surface area contributed by atoms with E-state index in [4.69, 9.17) is 14.2 Å². The third-order valence-electron chi connectivity index (χ3n) is 6.26. The van der Waals surface area contributed by atoms with E-state index in [0.717, 1.165) is 0 Å². The van der Waals surface area contributed by atoms with Gasteiger partial charge >= 0.3 is 5.97 Å². The van der Waals surface area contributed by atoms with Crippen molar-refractivity contribution in [3.8, 4) is 0 Å². The maximum absolute atomic E-state index is 13.1. The second-order valence-electron chi connectivity index (χ2n) is 7.35. The fraction of sp³-hybridized carbons (Fsp3) is 0.647. The standard InChI is InChI=1S/C17H18O7/c1-8-4-11-16(6-22-9(2)18,13(21)12(8)20)15(3)5-10(19)14(24-11)17(15)7-23-17/h4,11,14H,5-7H2,1-3H3/t11-,14-,15-,16-,17+/m1/s1. The van der Waals surface area contributed by atoms with Crippen LogP contribution in [0.25, 0.3) is 0 Å². The van der Waals surface area contributed by atoms with E-state index in [-0.39, 0.29) is 24.4 Å². The molecule has 5 atom stereocenters. The maximum atomic E-state index is 13.1. The molecule has 0 aromatic carbocycles. The van der Waals surface area contributed by atoms with E-state index in [1.165, 1.54) is 6.92 Å². The molecule has 24 heavy (non-hydrogen) atoms. The van der Waals surface area contributed by atoms with Gasteiger partial charge in [0.05, 0.1) is 12.7 Å². The Morgan fingerprint density at radius 2 is 2.04 bits per heavy atom. The summed E-state index contributed by atoms with van der Waals surface area (Å²) in [7, 11) is 0. The van der Waals surface area contributed by atoms with Crippen molar-refractivity contribution >= 4 is 23.3 Å². The molecule has 3 fully saturated rings. The van der Waals surface area contributed by atoms with E-state index in [1.54, 1.807) is 19.9 Å². The maximum Gasteiger partial charge on any atom is 0.302 e. The minimum atomic E-state index is -1.44. The summed E-state index contributed by atoms with van der Waals surface area (Å²) in [5.41, 5.74) is -3.01. The first-order valence-electron chi connectivity index (χ1n) is 7.93. The van der Waals surface area contributed by atoms with Crippen molar-refractivity contribution in [3.63, 3.8) is 0 Å². The molecule has 0 aromatic rings. The lowest BCUT2D eigenvalue weighted by Gasteiger charge is -2.54. The van der Waals surface area contributed by atoms with Crippen LogP contribution in [0.15, 0.2) is 11.6 Å². The molecule has 7 heteroatoms. The van der Waals surface area contributed by atoms with Gasteiger partial charge in [0.25, 0.3) is 0 Å². The minimum Gasteiger partial charge on any atom is -0.465 e. The van der Waals surface area contributed by atoms with Gasteiger partial charge in [-0.1, -0.05) is 6.92 Å². The van der Waals surface area contributed by atoms with E-state index in [0.29, 0.717) is 6.61 Å². The van der Waals surface area contributed by atoms with E-state index in [2.05, 4.69) is 0 Å². The van der Waals surface area contributed by atoms with Crippen molar-refractivity contribution in [2.75, 3.05) is 13.2 Å². The number of hydrogen-bond donors (Lipinski definition) is 0. The first kappa shape index (κ1) is 15.7. The van der Waals surface area contributed by atoms with Gasteiger partial charge in [-0.3, -0.25) is 19.2 Å². The normalized spacial score (nSPS) is 46.0. The summed E-state index contributed by atoms with van der Waals surface area (Å²) >= 11 is 0. The lowest BCUT2D eigenvalue weighted by atomic mass is 9.51. The SMILES string of the molecule is CC(=O)OC[C@]12C(=O)C(=O)C(C)=C[C@H]1O[C@@H]1C(=O)C[C@@]2(C)[C@]12CO2. The van der Waals surface area contributed by atoms with Gasteiger partial charge in [0.15, 0.2) is 5.78 Å². The van der Waals surface area contributed by atoms with Gasteiger partial charge in [0, 0.05) is 18.8 Å². The number of carbonyl (C=O) groups excluding carboxylic acids is 4. The molecule has 0 radical (unpaired) electrons. The van der Waals surface area contributed by atoms with Crippen molar-refractivity contribution in [2.45, 2.75) is 45.0 Å². The molecule has 2 aliphatic heterocycles. The van der Waals surface area contributed by atoms with E-state index >= 15 is 0 Å². The highest BCUT2D eigenvalue weighted by Crippen LogP contribution is 2.69. The lowest BCUT2D eigenvalue weighted by Crippen LogP contribution is -2.69. The number of fused-ring (bicyclic) bond motifs is 2. The molecule has 0 aromatic heterocycles. The van der Waals surface area contributed by atoms with Crippen molar-refractivity contribution in [2.24, 2.45) is 10.8 Å². The minimum absolute atomic E-state index is 0.0569. The Bertz CT molecular complexity index is 731. The Kier molecular flexibility index (Phi) is 2.87. The van der Waals surface area contributed by atoms with Crippen LogP contribution in [0, 0.1) is 10.8 Å². The van der Waals surface area contributed by atoms with Crippen LogP contribution in [0.3, 0.4) is 0 Å². The average Bonchev–Trinajstić information content (AvgIpc) is 3.27. The quantitative estimate of drug-likeness (QED) is 0.402. The van der Waals surface area contributed by atoms with Crippen LogP contribution in [0.4, 0.5) is 0 Å². The highest BCUT2D eigenvalue weighted by Gasteiger charge is 2.84. The number of hydrogen-bond acceptors (Lipinski definition) is 7. The second kappa shape index (κ2) is 4.40.